The lowest BCUT2D eigenvalue weighted by Crippen LogP contribution is -2.28. The summed E-state index contributed by atoms with van der Waals surface area (Å²) in [4.78, 5) is 10.6. The third-order valence-electron chi connectivity index (χ3n) is 2.78. The lowest BCUT2D eigenvalue weighted by atomic mass is 10.1. The third kappa shape index (κ3) is 3.27. The highest BCUT2D eigenvalue weighted by Crippen LogP contribution is 2.22. The number of hydrogen-bond donors (Lipinski definition) is 1. The van der Waals surface area contributed by atoms with E-state index in [1.807, 2.05) is 13.8 Å². The molecule has 0 aromatic heterocycles. The molecule has 0 amide bonds. The number of rotatable bonds is 6. The standard InChI is InChI=1S/C11H16N2O4S/c1-3-9(4-2)13(12-14)10-5-7-11(8-6-10)18(15,16)17/h5-9H,3-4H2,1-2H3,(H,15,16,17). The van der Waals surface area contributed by atoms with Crippen molar-refractivity contribution in [1.29, 1.82) is 0 Å². The molecule has 0 heterocycles. The highest BCUT2D eigenvalue weighted by atomic mass is 32.2. The van der Waals surface area contributed by atoms with Gasteiger partial charge >= 0.3 is 0 Å². The van der Waals surface area contributed by atoms with Crippen molar-refractivity contribution >= 4 is 15.8 Å². The van der Waals surface area contributed by atoms with Gasteiger partial charge in [-0.2, -0.15) is 8.42 Å². The van der Waals surface area contributed by atoms with Gasteiger partial charge in [0.25, 0.3) is 10.1 Å². The lowest BCUT2D eigenvalue weighted by Gasteiger charge is -2.24. The van der Waals surface area contributed by atoms with Crippen molar-refractivity contribution in [3.8, 4) is 0 Å². The quantitative estimate of drug-likeness (QED) is 0.488. The Kier molecular flexibility index (Phi) is 4.80. The fraction of sp³-hybridized carbons (Fsp3) is 0.455. The van der Waals surface area contributed by atoms with E-state index in [1.165, 1.54) is 29.3 Å². The summed E-state index contributed by atoms with van der Waals surface area (Å²) in [5, 5.41) is 4.28. The predicted octanol–water partition coefficient (Wildman–Crippen LogP) is 2.61. The van der Waals surface area contributed by atoms with Crippen molar-refractivity contribution in [2.45, 2.75) is 37.6 Å². The Labute approximate surface area is 106 Å². The SMILES string of the molecule is CCC(CC)N(N=O)c1ccc(S(=O)(=O)O)cc1. The molecule has 0 atom stereocenters. The molecule has 1 N–H and O–H groups in total. The maximum absolute atomic E-state index is 10.9. The number of hydrogen-bond acceptors (Lipinski definition) is 4. The molecule has 0 spiro atoms. The highest BCUT2D eigenvalue weighted by Gasteiger charge is 2.17. The summed E-state index contributed by atoms with van der Waals surface area (Å²) in [6.07, 6.45) is 1.50. The van der Waals surface area contributed by atoms with E-state index in [0.29, 0.717) is 5.69 Å². The fourth-order valence-electron chi connectivity index (χ4n) is 1.73. The van der Waals surface area contributed by atoms with E-state index < -0.39 is 10.1 Å². The van der Waals surface area contributed by atoms with Crippen LogP contribution in [0, 0.1) is 4.91 Å². The summed E-state index contributed by atoms with van der Waals surface area (Å²) >= 11 is 0. The maximum atomic E-state index is 10.9. The topological polar surface area (TPSA) is 87.0 Å². The van der Waals surface area contributed by atoms with Crippen LogP contribution in [0.3, 0.4) is 0 Å². The minimum Gasteiger partial charge on any atom is -0.282 e. The molecule has 0 aliphatic heterocycles. The zero-order chi connectivity index (χ0) is 13.8. The molecule has 0 aliphatic carbocycles. The maximum Gasteiger partial charge on any atom is 0.294 e. The molecule has 7 heteroatoms. The minimum atomic E-state index is -4.21. The van der Waals surface area contributed by atoms with Crippen LogP contribution < -0.4 is 5.01 Å². The monoisotopic (exact) mass is 272 g/mol. The summed E-state index contributed by atoms with van der Waals surface area (Å²) in [5.41, 5.74) is 0.506. The van der Waals surface area contributed by atoms with E-state index in [2.05, 4.69) is 5.29 Å². The summed E-state index contributed by atoms with van der Waals surface area (Å²) in [6, 6.07) is 5.35. The van der Waals surface area contributed by atoms with Gasteiger partial charge in [0.1, 0.15) is 0 Å². The van der Waals surface area contributed by atoms with Crippen molar-refractivity contribution in [1.82, 2.24) is 0 Å². The van der Waals surface area contributed by atoms with Gasteiger partial charge in [-0.15, -0.1) is 4.91 Å². The molecule has 1 aromatic rings. The first-order valence-corrected chi connectivity index (χ1v) is 7.08. The van der Waals surface area contributed by atoms with E-state index in [4.69, 9.17) is 4.55 Å². The molecule has 0 bridgehead atoms. The van der Waals surface area contributed by atoms with Gasteiger partial charge in [0.05, 0.1) is 21.9 Å². The van der Waals surface area contributed by atoms with E-state index >= 15 is 0 Å². The van der Waals surface area contributed by atoms with Crippen LogP contribution in [0.15, 0.2) is 34.4 Å². The van der Waals surface area contributed by atoms with Gasteiger partial charge in [0, 0.05) is 0 Å². The molecule has 0 radical (unpaired) electrons. The van der Waals surface area contributed by atoms with Crippen LogP contribution in [0.4, 0.5) is 5.69 Å². The molecule has 1 aromatic carbocycles. The highest BCUT2D eigenvalue weighted by molar-refractivity contribution is 7.85. The summed E-state index contributed by atoms with van der Waals surface area (Å²) in [7, 11) is -4.21. The molecule has 0 aliphatic rings. The van der Waals surface area contributed by atoms with Crippen LogP contribution >= 0.6 is 0 Å². The van der Waals surface area contributed by atoms with Crippen molar-refractivity contribution in [3.63, 3.8) is 0 Å². The van der Waals surface area contributed by atoms with Crippen LogP contribution in [0.5, 0.6) is 0 Å². The molecule has 18 heavy (non-hydrogen) atoms. The van der Waals surface area contributed by atoms with Gasteiger partial charge < -0.3 is 0 Å². The van der Waals surface area contributed by atoms with E-state index in [1.54, 1.807) is 0 Å². The number of nitroso groups, excluding NO2 is 1. The van der Waals surface area contributed by atoms with Crippen LogP contribution in [-0.4, -0.2) is 19.0 Å². The summed E-state index contributed by atoms with van der Waals surface area (Å²) < 4.78 is 30.6. The van der Waals surface area contributed by atoms with E-state index in [-0.39, 0.29) is 10.9 Å². The Bertz CT molecular complexity index is 494. The first kappa shape index (κ1) is 14.6. The van der Waals surface area contributed by atoms with Crippen molar-refractivity contribution in [3.05, 3.63) is 29.2 Å². The zero-order valence-corrected chi connectivity index (χ0v) is 11.1. The van der Waals surface area contributed by atoms with Gasteiger partial charge in [-0.3, -0.25) is 4.55 Å². The van der Waals surface area contributed by atoms with Crippen LogP contribution in [0.25, 0.3) is 0 Å². The molecule has 0 fully saturated rings. The van der Waals surface area contributed by atoms with Gasteiger partial charge in [0.15, 0.2) is 0 Å². The largest absolute Gasteiger partial charge is 0.294 e. The molecular weight excluding hydrogens is 256 g/mol. The zero-order valence-electron chi connectivity index (χ0n) is 10.3. The molecule has 0 saturated carbocycles. The average molecular weight is 272 g/mol. The second kappa shape index (κ2) is 5.92. The second-order valence-electron chi connectivity index (χ2n) is 3.87. The number of nitrogens with zero attached hydrogens (tertiary/aromatic N) is 2. The predicted molar refractivity (Wildman–Crippen MR) is 68.9 cm³/mol. The molecule has 100 valence electrons. The fourth-order valence-corrected chi connectivity index (χ4v) is 2.21. The number of benzene rings is 1. The van der Waals surface area contributed by atoms with Crippen molar-refractivity contribution in [2.75, 3.05) is 5.01 Å². The van der Waals surface area contributed by atoms with E-state index in [9.17, 15) is 13.3 Å². The molecule has 6 nitrogen and oxygen atoms in total. The smallest absolute Gasteiger partial charge is 0.282 e. The first-order valence-electron chi connectivity index (χ1n) is 5.64. The summed E-state index contributed by atoms with van der Waals surface area (Å²) in [5.74, 6) is 0. The van der Waals surface area contributed by atoms with Crippen LogP contribution in [-0.2, 0) is 10.1 Å². The Morgan fingerprint density at radius 2 is 1.72 bits per heavy atom. The second-order valence-corrected chi connectivity index (χ2v) is 5.29. The Balaban J connectivity index is 3.06. The van der Waals surface area contributed by atoms with Gasteiger partial charge in [-0.25, -0.2) is 5.01 Å². The van der Waals surface area contributed by atoms with Crippen molar-refractivity contribution < 1.29 is 13.0 Å². The number of anilines is 1. The third-order valence-corrected chi connectivity index (χ3v) is 3.64. The summed E-state index contributed by atoms with van der Waals surface area (Å²) in [6.45, 7) is 3.89. The molecule has 0 saturated heterocycles. The normalized spacial score (nSPS) is 11.6. The van der Waals surface area contributed by atoms with Gasteiger partial charge in [0.2, 0.25) is 0 Å². The first-order chi connectivity index (χ1) is 8.43. The van der Waals surface area contributed by atoms with E-state index in [0.717, 1.165) is 12.8 Å². The van der Waals surface area contributed by atoms with Crippen molar-refractivity contribution in [2.24, 2.45) is 5.29 Å². The Morgan fingerprint density at radius 1 is 1.22 bits per heavy atom. The van der Waals surface area contributed by atoms with Crippen LogP contribution in [0.1, 0.15) is 26.7 Å². The molecule has 1 rings (SSSR count). The average Bonchev–Trinajstić information content (AvgIpc) is 2.35. The Hall–Kier alpha value is -1.47. The molecular formula is C11H16N2O4S. The Morgan fingerprint density at radius 3 is 2.06 bits per heavy atom. The lowest BCUT2D eigenvalue weighted by molar-refractivity contribution is 0.483. The van der Waals surface area contributed by atoms with Gasteiger partial charge in [-0.1, -0.05) is 13.8 Å². The minimum absolute atomic E-state index is 0.0286. The van der Waals surface area contributed by atoms with Gasteiger partial charge in [-0.05, 0) is 37.1 Å². The van der Waals surface area contributed by atoms with Crippen LogP contribution in [0.2, 0.25) is 0 Å². The molecule has 0 unspecified atom stereocenters.